The SMILES string of the molecule is COc1cc(-c2nn(C3CCN(CC4=CNCN4C)CC3)c3ncnc(N)c23)ccc1NC(=O)c1cc2ncccc2n1C. The molecule has 2 aliphatic rings. The highest BCUT2D eigenvalue weighted by Gasteiger charge is 2.27. The molecular formula is C31H35N11O2. The second kappa shape index (κ2) is 11.2. The number of carbonyl (C=O) groups is 1. The molecule has 2 aliphatic heterocycles. The summed E-state index contributed by atoms with van der Waals surface area (Å²) in [4.78, 5) is 31.3. The van der Waals surface area contributed by atoms with Crippen LogP contribution in [0.1, 0.15) is 29.4 Å². The van der Waals surface area contributed by atoms with Crippen molar-refractivity contribution in [3.05, 3.63) is 66.5 Å². The number of nitrogens with one attached hydrogen (secondary N) is 2. The van der Waals surface area contributed by atoms with Gasteiger partial charge in [-0.3, -0.25) is 14.7 Å². The van der Waals surface area contributed by atoms with E-state index in [1.54, 1.807) is 19.4 Å². The molecule has 13 nitrogen and oxygen atoms in total. The number of hydrogen-bond donors (Lipinski definition) is 3. The topological polar surface area (TPSA) is 144 Å². The highest BCUT2D eigenvalue weighted by molar-refractivity contribution is 6.07. The Morgan fingerprint density at radius 2 is 1.98 bits per heavy atom. The van der Waals surface area contributed by atoms with Gasteiger partial charge < -0.3 is 30.6 Å². The molecule has 44 heavy (non-hydrogen) atoms. The minimum absolute atomic E-state index is 0.181. The van der Waals surface area contributed by atoms with Crippen LogP contribution in [0.25, 0.3) is 33.3 Å². The normalized spacial score (nSPS) is 16.0. The Kier molecular flexibility index (Phi) is 7.01. The molecule has 0 unspecified atom stereocenters. The van der Waals surface area contributed by atoms with Gasteiger partial charge in [-0.25, -0.2) is 14.6 Å². The summed E-state index contributed by atoms with van der Waals surface area (Å²) in [6.45, 7) is 3.70. The van der Waals surface area contributed by atoms with E-state index in [9.17, 15) is 4.79 Å². The third-order valence-electron chi connectivity index (χ3n) is 8.66. The third-order valence-corrected chi connectivity index (χ3v) is 8.66. The molecular weight excluding hydrogens is 558 g/mol. The summed E-state index contributed by atoms with van der Waals surface area (Å²) in [6, 6.07) is 11.3. The van der Waals surface area contributed by atoms with Crippen LogP contribution >= 0.6 is 0 Å². The Balaban J connectivity index is 1.15. The fourth-order valence-electron chi connectivity index (χ4n) is 6.19. The quantitative estimate of drug-likeness (QED) is 0.257. The van der Waals surface area contributed by atoms with Crippen LogP contribution in [-0.4, -0.2) is 85.5 Å². The molecule has 6 heterocycles. The maximum Gasteiger partial charge on any atom is 0.272 e. The zero-order valence-electron chi connectivity index (χ0n) is 25.0. The lowest BCUT2D eigenvalue weighted by Crippen LogP contribution is -2.37. The third kappa shape index (κ3) is 4.84. The lowest BCUT2D eigenvalue weighted by atomic mass is 10.0. The Hall–Kier alpha value is -5.17. The van der Waals surface area contributed by atoms with Crippen molar-refractivity contribution in [1.29, 1.82) is 0 Å². The van der Waals surface area contributed by atoms with Crippen LogP contribution in [0, 0.1) is 0 Å². The first kappa shape index (κ1) is 27.7. The first-order valence-corrected chi connectivity index (χ1v) is 14.7. The summed E-state index contributed by atoms with van der Waals surface area (Å²) < 4.78 is 9.56. The number of aromatic nitrogens is 6. The van der Waals surface area contributed by atoms with Crippen LogP contribution in [0.2, 0.25) is 0 Å². The Bertz CT molecular complexity index is 1900. The van der Waals surface area contributed by atoms with Gasteiger partial charge in [0.05, 0.1) is 41.9 Å². The Morgan fingerprint density at radius 1 is 1.14 bits per heavy atom. The summed E-state index contributed by atoms with van der Waals surface area (Å²) in [7, 11) is 5.53. The number of pyridine rings is 1. The molecule has 0 spiro atoms. The monoisotopic (exact) mass is 593 g/mol. The number of piperidine rings is 1. The van der Waals surface area contributed by atoms with Crippen molar-refractivity contribution in [2.45, 2.75) is 18.9 Å². The lowest BCUT2D eigenvalue weighted by Gasteiger charge is -2.33. The van der Waals surface area contributed by atoms with Gasteiger partial charge in [-0.05, 0) is 43.2 Å². The highest BCUT2D eigenvalue weighted by atomic mass is 16.5. The van der Waals surface area contributed by atoms with Crippen molar-refractivity contribution in [1.82, 2.24) is 44.4 Å². The molecule has 1 saturated heterocycles. The lowest BCUT2D eigenvalue weighted by molar-refractivity contribution is 0.101. The van der Waals surface area contributed by atoms with E-state index < -0.39 is 0 Å². The molecule has 4 aromatic heterocycles. The number of aryl methyl sites for hydroxylation is 1. The predicted molar refractivity (Wildman–Crippen MR) is 169 cm³/mol. The van der Waals surface area contributed by atoms with Crippen LogP contribution in [0.5, 0.6) is 5.75 Å². The van der Waals surface area contributed by atoms with Crippen molar-refractivity contribution < 1.29 is 9.53 Å². The number of benzene rings is 1. The van der Waals surface area contributed by atoms with E-state index in [4.69, 9.17) is 15.6 Å². The second-order valence-corrected chi connectivity index (χ2v) is 11.3. The van der Waals surface area contributed by atoms with Gasteiger partial charge in [-0.1, -0.05) is 6.07 Å². The van der Waals surface area contributed by atoms with Crippen molar-refractivity contribution >= 4 is 39.5 Å². The number of carbonyl (C=O) groups excluding carboxylic acids is 1. The predicted octanol–water partition coefficient (Wildman–Crippen LogP) is 3.19. The first-order chi connectivity index (χ1) is 21.4. The molecule has 7 rings (SSSR count). The van der Waals surface area contributed by atoms with Crippen molar-refractivity contribution in [3.63, 3.8) is 0 Å². The second-order valence-electron chi connectivity index (χ2n) is 11.3. The summed E-state index contributed by atoms with van der Waals surface area (Å²) in [6.07, 6.45) is 7.20. The number of likely N-dealkylation sites (N-methyl/N-ethyl adjacent to an activating group) is 1. The van der Waals surface area contributed by atoms with Gasteiger partial charge in [-0.15, -0.1) is 0 Å². The van der Waals surface area contributed by atoms with E-state index in [-0.39, 0.29) is 11.9 Å². The molecule has 1 amide bonds. The highest BCUT2D eigenvalue weighted by Crippen LogP contribution is 2.37. The fourth-order valence-corrected chi connectivity index (χ4v) is 6.19. The number of hydrogen-bond acceptors (Lipinski definition) is 10. The van der Waals surface area contributed by atoms with Crippen LogP contribution in [0.3, 0.4) is 0 Å². The number of fused-ring (bicyclic) bond motifs is 2. The molecule has 226 valence electrons. The van der Waals surface area contributed by atoms with E-state index in [0.29, 0.717) is 39.7 Å². The largest absolute Gasteiger partial charge is 0.495 e. The summed E-state index contributed by atoms with van der Waals surface area (Å²) in [5, 5.41) is 12.1. The number of methoxy groups -OCH3 is 1. The molecule has 1 aromatic carbocycles. The molecule has 5 aromatic rings. The minimum Gasteiger partial charge on any atom is -0.495 e. The van der Waals surface area contributed by atoms with Gasteiger partial charge >= 0.3 is 0 Å². The smallest absolute Gasteiger partial charge is 0.272 e. The first-order valence-electron chi connectivity index (χ1n) is 14.7. The average molecular weight is 594 g/mol. The number of nitrogens with two attached hydrogens (primary N) is 1. The molecule has 13 heteroatoms. The van der Waals surface area contributed by atoms with E-state index in [2.05, 4.69) is 48.6 Å². The fraction of sp³-hybridized carbons (Fsp3) is 0.323. The Labute approximate surface area is 254 Å². The van der Waals surface area contributed by atoms with E-state index in [1.807, 2.05) is 46.6 Å². The van der Waals surface area contributed by atoms with Gasteiger partial charge in [0.1, 0.15) is 29.3 Å². The molecule has 0 atom stereocenters. The summed E-state index contributed by atoms with van der Waals surface area (Å²) in [5.74, 6) is 0.611. The van der Waals surface area contributed by atoms with Crippen LogP contribution in [0.15, 0.2) is 60.8 Å². The summed E-state index contributed by atoms with van der Waals surface area (Å²) >= 11 is 0. The summed E-state index contributed by atoms with van der Waals surface area (Å²) in [5.41, 5.74) is 12.6. The van der Waals surface area contributed by atoms with Gasteiger partial charge in [0.25, 0.3) is 5.91 Å². The van der Waals surface area contributed by atoms with Gasteiger partial charge in [0, 0.05) is 57.4 Å². The van der Waals surface area contributed by atoms with Crippen LogP contribution in [-0.2, 0) is 7.05 Å². The zero-order chi connectivity index (χ0) is 30.4. The number of nitrogen functional groups attached to an aromatic ring is 1. The minimum atomic E-state index is -0.262. The maximum absolute atomic E-state index is 13.3. The van der Waals surface area contributed by atoms with Crippen LogP contribution in [0.4, 0.5) is 11.5 Å². The Morgan fingerprint density at radius 3 is 2.73 bits per heavy atom. The molecule has 0 aliphatic carbocycles. The van der Waals surface area contributed by atoms with Crippen molar-refractivity contribution in [3.8, 4) is 17.0 Å². The number of amides is 1. The maximum atomic E-state index is 13.3. The van der Waals surface area contributed by atoms with E-state index >= 15 is 0 Å². The van der Waals surface area contributed by atoms with Crippen molar-refractivity contribution in [2.75, 3.05) is 51.5 Å². The number of likely N-dealkylation sites (tertiary alicyclic amines) is 1. The molecule has 0 saturated carbocycles. The average Bonchev–Trinajstić information content (AvgIpc) is 3.73. The van der Waals surface area contributed by atoms with Crippen molar-refractivity contribution in [2.24, 2.45) is 7.05 Å². The standard InChI is InChI=1S/C31H35N11O2/c1-39-18-33-15-21(39)16-41-11-8-20(9-12-41)42-30-27(29(32)35-17-36-30)28(38-42)19-6-7-22(26(13-19)44-3)37-31(43)25-14-23-24(40(25)2)5-4-10-34-23/h4-7,10,13-15,17,20,33H,8-9,11-12,16,18H2,1-3H3,(H,37,43)(H2,32,35,36). The number of nitrogens with zero attached hydrogens (tertiary/aromatic N) is 8. The molecule has 1 fully saturated rings. The van der Waals surface area contributed by atoms with Gasteiger partial charge in [-0.2, -0.15) is 5.10 Å². The number of anilines is 2. The van der Waals surface area contributed by atoms with E-state index in [0.717, 1.165) is 55.7 Å². The molecule has 0 radical (unpaired) electrons. The molecule has 4 N–H and O–H groups in total. The number of rotatable bonds is 7. The van der Waals surface area contributed by atoms with Gasteiger partial charge in [0.2, 0.25) is 0 Å². The zero-order valence-corrected chi connectivity index (χ0v) is 25.0. The molecule has 0 bridgehead atoms. The van der Waals surface area contributed by atoms with Crippen LogP contribution < -0.4 is 21.1 Å². The van der Waals surface area contributed by atoms with E-state index in [1.165, 1.54) is 12.0 Å². The van der Waals surface area contributed by atoms with Gasteiger partial charge in [0.15, 0.2) is 5.65 Å². The number of ether oxygens (including phenoxy) is 1.